The van der Waals surface area contributed by atoms with Crippen LogP contribution in [0.25, 0.3) is 0 Å². The summed E-state index contributed by atoms with van der Waals surface area (Å²) < 4.78 is 0. The highest BCUT2D eigenvalue weighted by Crippen LogP contribution is 2.46. The van der Waals surface area contributed by atoms with Gasteiger partial charge in [-0.2, -0.15) is 5.10 Å². The highest BCUT2D eigenvalue weighted by atomic mass is 15.6. The van der Waals surface area contributed by atoms with Crippen LogP contribution in [0.1, 0.15) is 11.6 Å². The van der Waals surface area contributed by atoms with Crippen LogP contribution in [-0.4, -0.2) is 17.3 Å². The van der Waals surface area contributed by atoms with E-state index >= 15 is 0 Å². The Kier molecular flexibility index (Phi) is 0.799. The summed E-state index contributed by atoms with van der Waals surface area (Å²) >= 11 is 0. The topological polar surface area (TPSA) is 15.4 Å². The molecule has 2 atom stereocenters. The number of benzene rings is 1. The monoisotopic (exact) mass is 144 g/mol. The van der Waals surface area contributed by atoms with E-state index in [1.165, 1.54) is 5.56 Å². The minimum atomic E-state index is 0.566. The summed E-state index contributed by atoms with van der Waals surface area (Å²) in [6.45, 7) is 0. The van der Waals surface area contributed by atoms with Crippen molar-refractivity contribution in [3.63, 3.8) is 0 Å². The zero-order valence-corrected chi connectivity index (χ0v) is 6.01. The summed E-state index contributed by atoms with van der Waals surface area (Å²) in [7, 11) is 0. The predicted molar refractivity (Wildman–Crippen MR) is 43.3 cm³/mol. The van der Waals surface area contributed by atoms with Gasteiger partial charge in [0.05, 0.1) is 12.3 Å². The molecule has 11 heavy (non-hydrogen) atoms. The standard InChI is InChI=1S/C9H8N2/c1-2-4-7(5-3-1)9-8-6-10-11(8)9/h1-6,8-9H. The number of fused-ring (bicyclic) bond motifs is 1. The van der Waals surface area contributed by atoms with E-state index < -0.39 is 0 Å². The van der Waals surface area contributed by atoms with Gasteiger partial charge < -0.3 is 0 Å². The molecule has 2 aliphatic heterocycles. The Balaban J connectivity index is 1.92. The van der Waals surface area contributed by atoms with E-state index in [1.54, 1.807) is 0 Å². The molecular formula is C9H8N2. The van der Waals surface area contributed by atoms with Crippen LogP contribution in [0.3, 0.4) is 0 Å². The van der Waals surface area contributed by atoms with Gasteiger partial charge in [-0.25, -0.2) is 0 Å². The van der Waals surface area contributed by atoms with Gasteiger partial charge in [0.1, 0.15) is 6.04 Å². The second kappa shape index (κ2) is 1.64. The lowest BCUT2D eigenvalue weighted by Gasteiger charge is -1.99. The van der Waals surface area contributed by atoms with E-state index in [0.29, 0.717) is 12.1 Å². The van der Waals surface area contributed by atoms with Gasteiger partial charge in [-0.05, 0) is 5.56 Å². The van der Waals surface area contributed by atoms with Gasteiger partial charge in [-0.3, -0.25) is 5.01 Å². The number of rotatable bonds is 1. The molecule has 2 aliphatic rings. The van der Waals surface area contributed by atoms with E-state index in [0.717, 1.165) is 0 Å². The molecule has 0 aromatic heterocycles. The second-order valence-electron chi connectivity index (χ2n) is 2.99. The fourth-order valence-corrected chi connectivity index (χ4v) is 1.61. The Hall–Kier alpha value is -1.31. The molecule has 1 aromatic carbocycles. The van der Waals surface area contributed by atoms with Crippen LogP contribution in [0.4, 0.5) is 0 Å². The van der Waals surface area contributed by atoms with Crippen LogP contribution in [0.5, 0.6) is 0 Å². The molecule has 2 unspecified atom stereocenters. The summed E-state index contributed by atoms with van der Waals surface area (Å²) in [6, 6.07) is 11.7. The van der Waals surface area contributed by atoms with Crippen LogP contribution in [0.2, 0.25) is 0 Å². The van der Waals surface area contributed by atoms with Crippen molar-refractivity contribution in [3.05, 3.63) is 35.9 Å². The maximum absolute atomic E-state index is 4.11. The van der Waals surface area contributed by atoms with Crippen LogP contribution >= 0.6 is 0 Å². The van der Waals surface area contributed by atoms with E-state index in [4.69, 9.17) is 0 Å². The van der Waals surface area contributed by atoms with Crippen molar-refractivity contribution in [1.82, 2.24) is 5.01 Å². The quantitative estimate of drug-likeness (QED) is 0.544. The average molecular weight is 144 g/mol. The summed E-state index contributed by atoms with van der Waals surface area (Å²) in [5.74, 6) is 0. The molecule has 3 rings (SSSR count). The Morgan fingerprint density at radius 1 is 1.18 bits per heavy atom. The molecule has 1 aromatic rings. The molecule has 2 nitrogen and oxygen atoms in total. The Bertz CT molecular complexity index is 293. The van der Waals surface area contributed by atoms with Crippen molar-refractivity contribution in [3.8, 4) is 0 Å². The molecule has 1 saturated heterocycles. The summed E-state index contributed by atoms with van der Waals surface area (Å²) in [4.78, 5) is 0. The van der Waals surface area contributed by atoms with Gasteiger partial charge in [-0.1, -0.05) is 30.3 Å². The van der Waals surface area contributed by atoms with E-state index in [1.807, 2.05) is 12.3 Å². The second-order valence-corrected chi connectivity index (χ2v) is 2.99. The molecule has 2 heteroatoms. The summed E-state index contributed by atoms with van der Waals surface area (Å²) in [5, 5.41) is 6.23. The van der Waals surface area contributed by atoms with Gasteiger partial charge in [0, 0.05) is 0 Å². The zero-order valence-electron chi connectivity index (χ0n) is 6.01. The van der Waals surface area contributed by atoms with Crippen LogP contribution in [-0.2, 0) is 0 Å². The molecule has 0 amide bonds. The van der Waals surface area contributed by atoms with Gasteiger partial charge in [0.2, 0.25) is 0 Å². The molecule has 1 fully saturated rings. The lowest BCUT2D eigenvalue weighted by Crippen LogP contribution is -2.05. The molecule has 54 valence electrons. The SMILES string of the molecule is C1=NN2C1C2c1ccccc1. The van der Waals surface area contributed by atoms with E-state index in [-0.39, 0.29) is 0 Å². The van der Waals surface area contributed by atoms with Gasteiger partial charge in [0.15, 0.2) is 0 Å². The van der Waals surface area contributed by atoms with Gasteiger partial charge in [0.25, 0.3) is 0 Å². The first-order chi connectivity index (χ1) is 5.47. The normalized spacial score (nSPS) is 31.1. The molecule has 0 spiro atoms. The third-order valence-corrected chi connectivity index (χ3v) is 2.32. The number of hydrazone groups is 1. The maximum atomic E-state index is 4.11. The van der Waals surface area contributed by atoms with Crippen molar-refractivity contribution in [1.29, 1.82) is 0 Å². The first kappa shape index (κ1) is 5.35. The molecular weight excluding hydrogens is 136 g/mol. The molecule has 0 saturated carbocycles. The average Bonchev–Trinajstić information content (AvgIpc) is 2.54. The van der Waals surface area contributed by atoms with Crippen molar-refractivity contribution in [2.75, 3.05) is 0 Å². The Labute approximate surface area is 65.1 Å². The predicted octanol–water partition coefficient (Wildman–Crippen LogP) is 1.41. The van der Waals surface area contributed by atoms with Gasteiger partial charge in [-0.15, -0.1) is 0 Å². The third kappa shape index (κ3) is 0.589. The molecule has 0 radical (unpaired) electrons. The number of hydrogen-bond donors (Lipinski definition) is 0. The molecule has 0 N–H and O–H groups in total. The zero-order chi connectivity index (χ0) is 7.26. The Morgan fingerprint density at radius 2 is 1.91 bits per heavy atom. The van der Waals surface area contributed by atoms with Crippen molar-refractivity contribution in [2.45, 2.75) is 12.1 Å². The van der Waals surface area contributed by atoms with E-state index in [9.17, 15) is 0 Å². The fraction of sp³-hybridized carbons (Fsp3) is 0.222. The molecule has 2 heterocycles. The maximum Gasteiger partial charge on any atom is 0.111 e. The van der Waals surface area contributed by atoms with Crippen LogP contribution < -0.4 is 0 Å². The fourth-order valence-electron chi connectivity index (χ4n) is 1.61. The van der Waals surface area contributed by atoms with Crippen molar-refractivity contribution in [2.24, 2.45) is 5.10 Å². The lowest BCUT2D eigenvalue weighted by molar-refractivity contribution is 0.513. The summed E-state index contributed by atoms with van der Waals surface area (Å²) in [6.07, 6.45) is 2.01. The highest BCUT2D eigenvalue weighted by molar-refractivity contribution is 5.76. The minimum absolute atomic E-state index is 0.566. The van der Waals surface area contributed by atoms with Crippen molar-refractivity contribution < 1.29 is 0 Å². The smallest absolute Gasteiger partial charge is 0.111 e. The minimum Gasteiger partial charge on any atom is -0.276 e. The lowest BCUT2D eigenvalue weighted by atomic mass is 10.1. The van der Waals surface area contributed by atoms with Crippen molar-refractivity contribution >= 4 is 6.21 Å². The Morgan fingerprint density at radius 3 is 2.45 bits per heavy atom. The summed E-state index contributed by atoms with van der Waals surface area (Å²) in [5.41, 5.74) is 1.38. The van der Waals surface area contributed by atoms with Crippen LogP contribution in [0, 0.1) is 0 Å². The van der Waals surface area contributed by atoms with Gasteiger partial charge >= 0.3 is 0 Å². The molecule has 0 aliphatic carbocycles. The largest absolute Gasteiger partial charge is 0.276 e. The highest BCUT2D eigenvalue weighted by Gasteiger charge is 2.52. The number of hydrogen-bond acceptors (Lipinski definition) is 2. The van der Waals surface area contributed by atoms with E-state index in [2.05, 4.69) is 34.4 Å². The first-order valence-corrected chi connectivity index (χ1v) is 3.84. The third-order valence-electron chi connectivity index (χ3n) is 2.32. The number of nitrogens with zero attached hydrogens (tertiary/aromatic N) is 2. The molecule has 0 bridgehead atoms. The van der Waals surface area contributed by atoms with Crippen LogP contribution in [0.15, 0.2) is 35.4 Å². The first-order valence-electron chi connectivity index (χ1n) is 3.84.